The molecule has 1 N–H and O–H groups in total. The highest BCUT2D eigenvalue weighted by Crippen LogP contribution is 2.41. The highest BCUT2D eigenvalue weighted by molar-refractivity contribution is 7.10. The van der Waals surface area contributed by atoms with Crippen molar-refractivity contribution in [3.05, 3.63) is 57.8 Å². The van der Waals surface area contributed by atoms with E-state index in [0.717, 1.165) is 18.0 Å². The first kappa shape index (κ1) is 21.1. The number of ketones is 1. The van der Waals surface area contributed by atoms with Crippen LogP contribution in [0, 0.1) is 0 Å². The molecule has 2 aromatic rings. The Morgan fingerprint density at radius 1 is 1.21 bits per heavy atom. The molecule has 1 aromatic carbocycles. The summed E-state index contributed by atoms with van der Waals surface area (Å²) in [5, 5.41) is 12.9. The normalized spacial score (nSPS) is 18.6. The molecule has 29 heavy (non-hydrogen) atoms. The van der Waals surface area contributed by atoms with Crippen LogP contribution in [0.4, 0.5) is 0 Å². The molecule has 0 unspecified atom stereocenters. The lowest BCUT2D eigenvalue weighted by molar-refractivity contribution is -0.140. The van der Waals surface area contributed by atoms with Crippen LogP contribution in [-0.4, -0.2) is 59.9 Å². The van der Waals surface area contributed by atoms with Crippen LogP contribution in [0.5, 0.6) is 5.75 Å². The molecule has 0 saturated carbocycles. The van der Waals surface area contributed by atoms with Crippen molar-refractivity contribution in [1.82, 2.24) is 9.80 Å². The highest BCUT2D eigenvalue weighted by Gasteiger charge is 2.46. The van der Waals surface area contributed by atoms with Gasteiger partial charge in [0.2, 0.25) is 0 Å². The molecular formula is C22H26N2O4S. The molecule has 3 rings (SSSR count). The lowest BCUT2D eigenvalue weighted by Gasteiger charge is -2.27. The molecule has 1 saturated heterocycles. The summed E-state index contributed by atoms with van der Waals surface area (Å²) in [5.41, 5.74) is 0.581. The number of Topliss-reactive ketones (excluding diaryl/α,β-unsaturated/α-hetero) is 1. The van der Waals surface area contributed by atoms with Gasteiger partial charge < -0.3 is 19.6 Å². The fourth-order valence-corrected chi connectivity index (χ4v) is 4.41. The Hall–Kier alpha value is -2.64. The molecule has 7 heteroatoms. The smallest absolute Gasteiger partial charge is 0.295 e. The average molecular weight is 415 g/mol. The topological polar surface area (TPSA) is 70.1 Å². The first-order chi connectivity index (χ1) is 14.0. The van der Waals surface area contributed by atoms with Gasteiger partial charge in [-0.05, 0) is 36.7 Å². The number of hydrogen-bond acceptors (Lipinski definition) is 6. The largest absolute Gasteiger partial charge is 0.507 e. The standard InChI is InChI=1S/C22H26N2O4S/c1-4-23(5-2)11-12-24-19(17-10-7-13-29-17)18(21(26)22(24)27)20(25)15-8-6-9-16(14-15)28-3/h6-10,13-14,19,25H,4-5,11-12H2,1-3H3/b20-18+/t19-/m0/s1. The van der Waals surface area contributed by atoms with E-state index in [-0.39, 0.29) is 11.3 Å². The number of aliphatic hydroxyl groups is 1. The molecular weight excluding hydrogens is 388 g/mol. The number of rotatable bonds is 8. The van der Waals surface area contributed by atoms with E-state index in [1.165, 1.54) is 18.4 Å². The second kappa shape index (κ2) is 9.24. The molecule has 1 aromatic heterocycles. The Kier molecular flexibility index (Phi) is 6.71. The zero-order valence-electron chi connectivity index (χ0n) is 16.9. The lowest BCUT2D eigenvalue weighted by atomic mass is 10.00. The Balaban J connectivity index is 2.05. The third-order valence-electron chi connectivity index (χ3n) is 5.25. The quantitative estimate of drug-likeness (QED) is 0.407. The second-order valence-corrected chi connectivity index (χ2v) is 7.75. The van der Waals surface area contributed by atoms with Crippen molar-refractivity contribution < 1.29 is 19.4 Å². The molecule has 2 heterocycles. The van der Waals surface area contributed by atoms with Gasteiger partial charge in [-0.2, -0.15) is 0 Å². The van der Waals surface area contributed by atoms with E-state index in [1.807, 2.05) is 17.5 Å². The average Bonchev–Trinajstić information content (AvgIpc) is 3.36. The number of methoxy groups -OCH3 is 1. The van der Waals surface area contributed by atoms with E-state index < -0.39 is 17.7 Å². The van der Waals surface area contributed by atoms with Crippen LogP contribution < -0.4 is 4.74 Å². The molecule has 0 radical (unpaired) electrons. The Morgan fingerprint density at radius 3 is 2.59 bits per heavy atom. The van der Waals surface area contributed by atoms with Gasteiger partial charge in [0.25, 0.3) is 11.7 Å². The maximum absolute atomic E-state index is 12.9. The summed E-state index contributed by atoms with van der Waals surface area (Å²) in [7, 11) is 1.54. The van der Waals surface area contributed by atoms with Gasteiger partial charge in [0.1, 0.15) is 11.5 Å². The number of likely N-dealkylation sites (N-methyl/N-ethyl adjacent to an activating group) is 1. The van der Waals surface area contributed by atoms with Crippen molar-refractivity contribution in [2.45, 2.75) is 19.9 Å². The molecule has 1 fully saturated rings. The summed E-state index contributed by atoms with van der Waals surface area (Å²) in [6.45, 7) is 6.96. The summed E-state index contributed by atoms with van der Waals surface area (Å²) in [5.74, 6) is -0.827. The number of carbonyl (C=O) groups is 2. The third-order valence-corrected chi connectivity index (χ3v) is 6.17. The van der Waals surface area contributed by atoms with Gasteiger partial charge in [0.15, 0.2) is 0 Å². The zero-order valence-corrected chi connectivity index (χ0v) is 17.7. The third kappa shape index (κ3) is 4.21. The molecule has 0 bridgehead atoms. The number of nitrogens with zero attached hydrogens (tertiary/aromatic N) is 2. The number of amides is 1. The summed E-state index contributed by atoms with van der Waals surface area (Å²) in [4.78, 5) is 30.4. The summed E-state index contributed by atoms with van der Waals surface area (Å²) >= 11 is 1.47. The predicted octanol–water partition coefficient (Wildman–Crippen LogP) is 3.52. The minimum atomic E-state index is -0.650. The number of ether oxygens (including phenoxy) is 1. The molecule has 0 aliphatic carbocycles. The minimum Gasteiger partial charge on any atom is -0.507 e. The molecule has 6 nitrogen and oxygen atoms in total. The van der Waals surface area contributed by atoms with Crippen molar-refractivity contribution in [3.8, 4) is 5.75 Å². The van der Waals surface area contributed by atoms with Gasteiger partial charge in [0.05, 0.1) is 18.7 Å². The number of carbonyl (C=O) groups excluding carboxylic acids is 2. The molecule has 1 atom stereocenters. The maximum Gasteiger partial charge on any atom is 0.295 e. The Morgan fingerprint density at radius 2 is 1.97 bits per heavy atom. The van der Waals surface area contributed by atoms with E-state index in [2.05, 4.69) is 18.7 Å². The molecule has 154 valence electrons. The zero-order chi connectivity index (χ0) is 21.0. The lowest BCUT2D eigenvalue weighted by Crippen LogP contribution is -2.37. The van der Waals surface area contributed by atoms with Crippen molar-refractivity contribution in [2.24, 2.45) is 0 Å². The van der Waals surface area contributed by atoms with Crippen molar-refractivity contribution in [1.29, 1.82) is 0 Å². The van der Waals surface area contributed by atoms with Crippen LogP contribution in [0.3, 0.4) is 0 Å². The van der Waals surface area contributed by atoms with Crippen molar-refractivity contribution in [3.63, 3.8) is 0 Å². The van der Waals surface area contributed by atoms with Gasteiger partial charge in [-0.25, -0.2) is 0 Å². The number of benzene rings is 1. The molecule has 1 amide bonds. The first-order valence-corrected chi connectivity index (χ1v) is 10.6. The number of aliphatic hydroxyl groups excluding tert-OH is 1. The fraction of sp³-hybridized carbons (Fsp3) is 0.364. The monoisotopic (exact) mass is 414 g/mol. The first-order valence-electron chi connectivity index (χ1n) is 9.70. The fourth-order valence-electron chi connectivity index (χ4n) is 3.57. The van der Waals surface area contributed by atoms with Crippen molar-refractivity contribution in [2.75, 3.05) is 33.3 Å². The summed E-state index contributed by atoms with van der Waals surface area (Å²) in [6.07, 6.45) is 0. The highest BCUT2D eigenvalue weighted by atomic mass is 32.1. The molecule has 1 aliphatic heterocycles. The summed E-state index contributed by atoms with van der Waals surface area (Å²) < 4.78 is 5.23. The number of likely N-dealkylation sites (tertiary alicyclic amines) is 1. The van der Waals surface area contributed by atoms with Crippen molar-refractivity contribution >= 4 is 28.8 Å². The van der Waals surface area contributed by atoms with Gasteiger partial charge in [-0.15, -0.1) is 11.3 Å². The van der Waals surface area contributed by atoms with Crippen LogP contribution in [0.2, 0.25) is 0 Å². The van der Waals surface area contributed by atoms with Gasteiger partial charge in [-0.1, -0.05) is 32.0 Å². The van der Waals surface area contributed by atoms with Gasteiger partial charge in [0, 0.05) is 23.5 Å². The van der Waals surface area contributed by atoms with Gasteiger partial charge >= 0.3 is 0 Å². The minimum absolute atomic E-state index is 0.130. The molecule has 0 spiro atoms. The van der Waals surface area contributed by atoms with E-state index in [0.29, 0.717) is 24.4 Å². The van der Waals surface area contributed by atoms with Crippen LogP contribution in [0.1, 0.15) is 30.3 Å². The second-order valence-electron chi connectivity index (χ2n) is 6.77. The van der Waals surface area contributed by atoms with E-state index in [4.69, 9.17) is 4.74 Å². The van der Waals surface area contributed by atoms with Crippen LogP contribution in [-0.2, 0) is 9.59 Å². The van der Waals surface area contributed by atoms with Crippen LogP contribution >= 0.6 is 11.3 Å². The Bertz CT molecular complexity index is 903. The predicted molar refractivity (Wildman–Crippen MR) is 114 cm³/mol. The van der Waals surface area contributed by atoms with E-state index in [9.17, 15) is 14.7 Å². The van der Waals surface area contributed by atoms with Crippen LogP contribution in [0.15, 0.2) is 47.4 Å². The Labute approximate surface area is 175 Å². The number of thiophene rings is 1. The van der Waals surface area contributed by atoms with E-state index in [1.54, 1.807) is 29.2 Å². The SMILES string of the molecule is CCN(CC)CCN1C(=O)C(=O)/C(=C(/O)c2cccc(OC)c2)[C@@H]1c1cccs1. The number of hydrogen-bond donors (Lipinski definition) is 1. The summed E-state index contributed by atoms with van der Waals surface area (Å²) in [6, 6.07) is 10.1. The van der Waals surface area contributed by atoms with Crippen LogP contribution in [0.25, 0.3) is 5.76 Å². The molecule has 1 aliphatic rings. The van der Waals surface area contributed by atoms with Gasteiger partial charge in [-0.3, -0.25) is 9.59 Å². The van der Waals surface area contributed by atoms with E-state index >= 15 is 0 Å². The maximum atomic E-state index is 12.9.